The average Bonchev–Trinajstić information content (AvgIpc) is 2.76. The van der Waals surface area contributed by atoms with Crippen molar-refractivity contribution in [3.63, 3.8) is 0 Å². The molecule has 8 nitrogen and oxygen atoms in total. The van der Waals surface area contributed by atoms with E-state index in [4.69, 9.17) is 26.2 Å². The molecular formula is C22H23ClN2O6. The Morgan fingerprint density at radius 1 is 1.06 bits per heavy atom. The van der Waals surface area contributed by atoms with Crippen LogP contribution in [0.3, 0.4) is 0 Å². The lowest BCUT2D eigenvalue weighted by atomic mass is 10.1. The van der Waals surface area contributed by atoms with Crippen LogP contribution in [-0.4, -0.2) is 43.2 Å². The highest BCUT2D eigenvalue weighted by atomic mass is 35.5. The summed E-state index contributed by atoms with van der Waals surface area (Å²) in [6.07, 6.45) is 2.45. The predicted molar refractivity (Wildman–Crippen MR) is 117 cm³/mol. The standard InChI is InChI=1S/C22H23ClN2O6/c1-30-18-10-3-14(13-19(18)31-2)4-11-20(26)25-17(9-12-21(27)28)22(29)24-16-7-5-15(23)6-8-16/h3-8,10-11,13,17H,9,12H2,1-2H3,(H,24,29)(H,25,26)(H,27,28)/b11-4+/t17-/m0/s1. The fourth-order valence-electron chi connectivity index (χ4n) is 2.65. The maximum Gasteiger partial charge on any atom is 0.303 e. The maximum atomic E-state index is 12.6. The Morgan fingerprint density at radius 2 is 1.74 bits per heavy atom. The number of carbonyl (C=O) groups is 3. The highest BCUT2D eigenvalue weighted by molar-refractivity contribution is 6.30. The van der Waals surface area contributed by atoms with Crippen LogP contribution in [0.2, 0.25) is 5.02 Å². The molecule has 2 amide bonds. The van der Waals surface area contributed by atoms with E-state index in [1.165, 1.54) is 20.3 Å². The first kappa shape index (κ1) is 23.8. The number of hydrogen-bond donors (Lipinski definition) is 3. The quantitative estimate of drug-likeness (QED) is 0.482. The van der Waals surface area contributed by atoms with Gasteiger partial charge in [0.25, 0.3) is 0 Å². The van der Waals surface area contributed by atoms with Crippen molar-refractivity contribution in [2.45, 2.75) is 18.9 Å². The van der Waals surface area contributed by atoms with E-state index in [1.807, 2.05) is 0 Å². The Bertz CT molecular complexity index is 959. The van der Waals surface area contributed by atoms with Crippen LogP contribution in [0.25, 0.3) is 6.08 Å². The minimum Gasteiger partial charge on any atom is -0.493 e. The summed E-state index contributed by atoms with van der Waals surface area (Å²) in [6.45, 7) is 0. The SMILES string of the molecule is COc1ccc(/C=C/C(=O)N[C@@H](CCC(=O)O)C(=O)Nc2ccc(Cl)cc2)cc1OC. The fourth-order valence-corrected chi connectivity index (χ4v) is 2.77. The van der Waals surface area contributed by atoms with Crippen molar-refractivity contribution >= 4 is 41.1 Å². The van der Waals surface area contributed by atoms with Crippen LogP contribution in [0.15, 0.2) is 48.5 Å². The number of carboxylic acid groups (broad SMARTS) is 1. The van der Waals surface area contributed by atoms with Crippen molar-refractivity contribution in [2.24, 2.45) is 0 Å². The van der Waals surface area contributed by atoms with Gasteiger partial charge < -0.3 is 25.2 Å². The summed E-state index contributed by atoms with van der Waals surface area (Å²) in [7, 11) is 3.03. The molecule has 0 saturated heterocycles. The number of nitrogens with one attached hydrogen (secondary N) is 2. The summed E-state index contributed by atoms with van der Waals surface area (Å²) < 4.78 is 10.4. The summed E-state index contributed by atoms with van der Waals surface area (Å²) in [5, 5.41) is 14.6. The highest BCUT2D eigenvalue weighted by Crippen LogP contribution is 2.27. The molecule has 0 fully saturated rings. The third-order valence-electron chi connectivity index (χ3n) is 4.23. The molecule has 2 aromatic rings. The zero-order valence-corrected chi connectivity index (χ0v) is 17.8. The van der Waals surface area contributed by atoms with Crippen molar-refractivity contribution in [2.75, 3.05) is 19.5 Å². The molecule has 0 radical (unpaired) electrons. The second-order valence-electron chi connectivity index (χ2n) is 6.44. The Kier molecular flexibility index (Phi) is 8.90. The lowest BCUT2D eigenvalue weighted by molar-refractivity contribution is -0.137. The molecule has 31 heavy (non-hydrogen) atoms. The molecule has 0 aliphatic rings. The molecule has 0 unspecified atom stereocenters. The molecular weight excluding hydrogens is 424 g/mol. The van der Waals surface area contributed by atoms with E-state index in [1.54, 1.807) is 48.5 Å². The van der Waals surface area contributed by atoms with Crippen LogP contribution >= 0.6 is 11.6 Å². The molecule has 9 heteroatoms. The summed E-state index contributed by atoms with van der Waals surface area (Å²) in [5.41, 5.74) is 1.16. The lowest BCUT2D eigenvalue weighted by Crippen LogP contribution is -2.43. The molecule has 0 heterocycles. The van der Waals surface area contributed by atoms with Crippen LogP contribution in [0.4, 0.5) is 5.69 Å². The molecule has 3 N–H and O–H groups in total. The summed E-state index contributed by atoms with van der Waals surface area (Å²) in [6, 6.07) is 10.5. The number of methoxy groups -OCH3 is 2. The van der Waals surface area contributed by atoms with Gasteiger partial charge in [-0.1, -0.05) is 17.7 Å². The molecule has 0 aromatic heterocycles. The minimum absolute atomic E-state index is 0.0648. The van der Waals surface area contributed by atoms with E-state index in [9.17, 15) is 14.4 Å². The number of aliphatic carboxylic acids is 1. The van der Waals surface area contributed by atoms with E-state index in [2.05, 4.69) is 10.6 Å². The summed E-state index contributed by atoms with van der Waals surface area (Å²) >= 11 is 5.83. The van der Waals surface area contributed by atoms with Crippen molar-refractivity contribution in [3.8, 4) is 11.5 Å². The third-order valence-corrected chi connectivity index (χ3v) is 4.48. The Morgan fingerprint density at radius 3 is 2.35 bits per heavy atom. The van der Waals surface area contributed by atoms with Gasteiger partial charge in [-0.3, -0.25) is 14.4 Å². The maximum absolute atomic E-state index is 12.6. The number of carbonyl (C=O) groups excluding carboxylic acids is 2. The predicted octanol–water partition coefficient (Wildman–Crippen LogP) is 3.36. The average molecular weight is 447 g/mol. The first-order chi connectivity index (χ1) is 14.8. The second-order valence-corrected chi connectivity index (χ2v) is 6.87. The molecule has 164 valence electrons. The van der Waals surface area contributed by atoms with Gasteiger partial charge in [0.1, 0.15) is 6.04 Å². The number of carboxylic acids is 1. The monoisotopic (exact) mass is 446 g/mol. The third kappa shape index (κ3) is 7.67. The topological polar surface area (TPSA) is 114 Å². The van der Waals surface area contributed by atoms with E-state index >= 15 is 0 Å². The lowest BCUT2D eigenvalue weighted by Gasteiger charge is -2.17. The van der Waals surface area contributed by atoms with Gasteiger partial charge in [0.15, 0.2) is 11.5 Å². The Labute approximate surface area is 184 Å². The molecule has 0 spiro atoms. The molecule has 0 aliphatic heterocycles. The number of rotatable bonds is 10. The number of hydrogen-bond acceptors (Lipinski definition) is 5. The number of halogens is 1. The van der Waals surface area contributed by atoms with Crippen LogP contribution in [-0.2, 0) is 14.4 Å². The van der Waals surface area contributed by atoms with Crippen molar-refractivity contribution in [1.82, 2.24) is 5.32 Å². The molecule has 2 aromatic carbocycles. The van der Waals surface area contributed by atoms with Gasteiger partial charge >= 0.3 is 5.97 Å². The fraction of sp³-hybridized carbons (Fsp3) is 0.227. The van der Waals surface area contributed by atoms with Crippen LogP contribution in [0, 0.1) is 0 Å². The first-order valence-corrected chi connectivity index (χ1v) is 9.69. The van der Waals surface area contributed by atoms with Gasteiger partial charge in [0.2, 0.25) is 11.8 Å². The van der Waals surface area contributed by atoms with Gasteiger partial charge in [-0.25, -0.2) is 0 Å². The Balaban J connectivity index is 2.07. The largest absolute Gasteiger partial charge is 0.493 e. The summed E-state index contributed by atoms with van der Waals surface area (Å²) in [5.74, 6) is -1.09. The van der Waals surface area contributed by atoms with Gasteiger partial charge in [-0.2, -0.15) is 0 Å². The first-order valence-electron chi connectivity index (χ1n) is 9.31. The van der Waals surface area contributed by atoms with E-state index in [0.717, 1.165) is 0 Å². The van der Waals surface area contributed by atoms with E-state index in [0.29, 0.717) is 27.8 Å². The van der Waals surface area contributed by atoms with Crippen molar-refractivity contribution < 1.29 is 29.0 Å². The van der Waals surface area contributed by atoms with Gasteiger partial charge in [0.05, 0.1) is 14.2 Å². The molecule has 1 atom stereocenters. The molecule has 0 saturated carbocycles. The number of benzene rings is 2. The van der Waals surface area contributed by atoms with Crippen LogP contribution in [0.5, 0.6) is 11.5 Å². The molecule has 0 aliphatic carbocycles. The number of amides is 2. The molecule has 2 rings (SSSR count). The number of anilines is 1. The smallest absolute Gasteiger partial charge is 0.303 e. The van der Waals surface area contributed by atoms with Gasteiger partial charge in [-0.15, -0.1) is 0 Å². The van der Waals surface area contributed by atoms with E-state index in [-0.39, 0.29) is 12.8 Å². The van der Waals surface area contributed by atoms with Crippen LogP contribution < -0.4 is 20.1 Å². The normalized spacial score (nSPS) is 11.6. The van der Waals surface area contributed by atoms with Gasteiger partial charge in [0, 0.05) is 23.2 Å². The highest BCUT2D eigenvalue weighted by Gasteiger charge is 2.21. The Hall–Kier alpha value is -3.52. The zero-order chi connectivity index (χ0) is 22.8. The summed E-state index contributed by atoms with van der Waals surface area (Å²) in [4.78, 5) is 35.9. The van der Waals surface area contributed by atoms with Crippen molar-refractivity contribution in [3.05, 3.63) is 59.1 Å². The zero-order valence-electron chi connectivity index (χ0n) is 17.1. The van der Waals surface area contributed by atoms with Crippen molar-refractivity contribution in [1.29, 1.82) is 0 Å². The van der Waals surface area contributed by atoms with Gasteiger partial charge in [-0.05, 0) is 54.5 Å². The number of ether oxygens (including phenoxy) is 2. The van der Waals surface area contributed by atoms with E-state index < -0.39 is 23.8 Å². The van der Waals surface area contributed by atoms with Crippen LogP contribution in [0.1, 0.15) is 18.4 Å². The molecule has 0 bridgehead atoms. The minimum atomic E-state index is -1.07. The second kappa shape index (κ2) is 11.6.